The van der Waals surface area contributed by atoms with Crippen LogP contribution in [-0.4, -0.2) is 12.6 Å². The summed E-state index contributed by atoms with van der Waals surface area (Å²) in [7, 11) is 0. The van der Waals surface area contributed by atoms with E-state index in [1.165, 1.54) is 0 Å². The van der Waals surface area contributed by atoms with Crippen LogP contribution < -0.4 is 0 Å². The molecule has 0 spiro atoms. The first-order chi connectivity index (χ1) is 6.19. The van der Waals surface area contributed by atoms with E-state index < -0.39 is 0 Å². The molecule has 0 fully saturated rings. The molecule has 2 heteroatoms. The van der Waals surface area contributed by atoms with Crippen LogP contribution in [0.4, 0.5) is 0 Å². The molecule has 0 aromatic carbocycles. The first-order valence-corrected chi connectivity index (χ1v) is 5.36. The maximum Gasteiger partial charge on any atom is 0.311 e. The summed E-state index contributed by atoms with van der Waals surface area (Å²) in [6.45, 7) is 12.8. The molecule has 0 aromatic heterocycles. The Hall–Kier alpha value is -0.530. The average Bonchev–Trinajstić information content (AvgIpc) is 2.00. The van der Waals surface area contributed by atoms with Crippen LogP contribution >= 0.6 is 0 Å². The van der Waals surface area contributed by atoms with E-state index in [4.69, 9.17) is 4.74 Å². The highest BCUT2D eigenvalue weighted by Gasteiger charge is 2.30. The van der Waals surface area contributed by atoms with Crippen LogP contribution in [0.1, 0.15) is 54.4 Å². The highest BCUT2D eigenvalue weighted by molar-refractivity contribution is 5.75. The molecule has 0 aliphatic rings. The van der Waals surface area contributed by atoms with Gasteiger partial charge in [0.1, 0.15) is 0 Å². The minimum atomic E-state index is -0.344. The minimum Gasteiger partial charge on any atom is -0.466 e. The molecule has 0 aliphatic heterocycles. The van der Waals surface area contributed by atoms with Gasteiger partial charge in [0.25, 0.3) is 0 Å². The quantitative estimate of drug-likeness (QED) is 0.650. The van der Waals surface area contributed by atoms with E-state index in [0.717, 1.165) is 12.8 Å². The lowest BCUT2D eigenvalue weighted by Crippen LogP contribution is -2.28. The van der Waals surface area contributed by atoms with Crippen LogP contribution in [0.25, 0.3) is 0 Å². The lowest BCUT2D eigenvalue weighted by atomic mass is 9.80. The van der Waals surface area contributed by atoms with Gasteiger partial charge in [-0.25, -0.2) is 0 Å². The van der Waals surface area contributed by atoms with Gasteiger partial charge in [-0.05, 0) is 39.0 Å². The molecule has 84 valence electrons. The van der Waals surface area contributed by atoms with E-state index in [-0.39, 0.29) is 16.8 Å². The summed E-state index contributed by atoms with van der Waals surface area (Å²) in [6, 6.07) is 0. The molecule has 0 rings (SSSR count). The Balaban J connectivity index is 4.13. The average molecular weight is 200 g/mol. The monoisotopic (exact) mass is 200 g/mol. The summed E-state index contributed by atoms with van der Waals surface area (Å²) in [5.74, 6) is -0.0794. The molecule has 0 saturated carbocycles. The summed E-state index contributed by atoms with van der Waals surface area (Å²) in [5, 5.41) is 0. The van der Waals surface area contributed by atoms with Crippen LogP contribution in [0, 0.1) is 10.8 Å². The van der Waals surface area contributed by atoms with Crippen molar-refractivity contribution in [3.63, 3.8) is 0 Å². The Morgan fingerprint density at radius 3 is 1.93 bits per heavy atom. The van der Waals surface area contributed by atoms with Gasteiger partial charge < -0.3 is 4.74 Å². The molecule has 0 aliphatic carbocycles. The van der Waals surface area contributed by atoms with Gasteiger partial charge in [-0.15, -0.1) is 0 Å². The van der Waals surface area contributed by atoms with E-state index in [0.29, 0.717) is 6.61 Å². The van der Waals surface area contributed by atoms with Crippen LogP contribution in [-0.2, 0) is 9.53 Å². The highest BCUT2D eigenvalue weighted by Crippen LogP contribution is 2.31. The number of ether oxygens (including phenoxy) is 1. The summed E-state index contributed by atoms with van der Waals surface area (Å²) in [5.41, 5.74) is -0.0624. The van der Waals surface area contributed by atoms with Gasteiger partial charge >= 0.3 is 5.97 Å². The lowest BCUT2D eigenvalue weighted by molar-refractivity contribution is -0.154. The van der Waals surface area contributed by atoms with Crippen molar-refractivity contribution >= 4 is 5.97 Å². The molecule has 0 amide bonds. The molecule has 0 heterocycles. The van der Waals surface area contributed by atoms with E-state index in [1.54, 1.807) is 0 Å². The van der Waals surface area contributed by atoms with Crippen molar-refractivity contribution in [1.29, 1.82) is 0 Å². The third kappa shape index (κ3) is 5.25. The normalized spacial score (nSPS) is 12.7. The fraction of sp³-hybridized carbons (Fsp3) is 0.917. The van der Waals surface area contributed by atoms with Crippen molar-refractivity contribution in [2.24, 2.45) is 10.8 Å². The van der Waals surface area contributed by atoms with Crippen molar-refractivity contribution in [3.8, 4) is 0 Å². The predicted octanol–water partition coefficient (Wildman–Crippen LogP) is 3.40. The Morgan fingerprint density at radius 1 is 1.07 bits per heavy atom. The van der Waals surface area contributed by atoms with Gasteiger partial charge in [-0.1, -0.05) is 20.8 Å². The zero-order valence-electron chi connectivity index (χ0n) is 10.4. The maximum absolute atomic E-state index is 11.6. The second-order valence-corrected chi connectivity index (χ2v) is 5.67. The molecule has 0 saturated heterocycles. The van der Waals surface area contributed by atoms with Gasteiger partial charge in [0.15, 0.2) is 0 Å². The molecule has 0 unspecified atom stereocenters. The molecule has 0 N–H and O–H groups in total. The predicted molar refractivity (Wildman–Crippen MR) is 59.1 cm³/mol. The van der Waals surface area contributed by atoms with Crippen LogP contribution in [0.2, 0.25) is 0 Å². The standard InChI is InChI=1S/C12H24O2/c1-7-14-10(13)12(5,6)9-8-11(2,3)4/h7-9H2,1-6H3. The van der Waals surface area contributed by atoms with Gasteiger partial charge in [0, 0.05) is 0 Å². The zero-order valence-corrected chi connectivity index (χ0v) is 10.4. The fourth-order valence-corrected chi connectivity index (χ4v) is 1.12. The summed E-state index contributed by atoms with van der Waals surface area (Å²) in [6.07, 6.45) is 1.92. The fourth-order valence-electron chi connectivity index (χ4n) is 1.12. The maximum atomic E-state index is 11.6. The number of hydrogen-bond donors (Lipinski definition) is 0. The van der Waals surface area contributed by atoms with Gasteiger partial charge in [-0.2, -0.15) is 0 Å². The molecule has 0 atom stereocenters. The van der Waals surface area contributed by atoms with Gasteiger partial charge in [0.2, 0.25) is 0 Å². The Labute approximate surface area is 88.0 Å². The van der Waals surface area contributed by atoms with Crippen molar-refractivity contribution in [1.82, 2.24) is 0 Å². The third-order valence-corrected chi connectivity index (χ3v) is 2.33. The zero-order chi connectivity index (χ0) is 11.4. The van der Waals surface area contributed by atoms with Crippen molar-refractivity contribution in [2.45, 2.75) is 54.4 Å². The lowest BCUT2D eigenvalue weighted by Gasteiger charge is -2.26. The molecule has 0 aromatic rings. The summed E-state index contributed by atoms with van der Waals surface area (Å²) in [4.78, 5) is 11.6. The molecule has 0 bridgehead atoms. The smallest absolute Gasteiger partial charge is 0.311 e. The minimum absolute atomic E-state index is 0.0794. The van der Waals surface area contributed by atoms with E-state index in [2.05, 4.69) is 20.8 Å². The Morgan fingerprint density at radius 2 is 1.57 bits per heavy atom. The van der Waals surface area contributed by atoms with Gasteiger partial charge in [0.05, 0.1) is 12.0 Å². The number of esters is 1. The molecule has 2 nitrogen and oxygen atoms in total. The molecular formula is C12H24O2. The first-order valence-electron chi connectivity index (χ1n) is 5.36. The Kier molecular flexibility index (Phi) is 4.63. The Bertz CT molecular complexity index is 187. The van der Waals surface area contributed by atoms with E-state index in [1.807, 2.05) is 20.8 Å². The SMILES string of the molecule is CCOC(=O)C(C)(C)CCC(C)(C)C. The largest absolute Gasteiger partial charge is 0.466 e. The van der Waals surface area contributed by atoms with Gasteiger partial charge in [-0.3, -0.25) is 4.79 Å². The molecular weight excluding hydrogens is 176 g/mol. The first kappa shape index (κ1) is 13.5. The molecule has 0 radical (unpaired) electrons. The second kappa shape index (κ2) is 4.81. The number of carbonyl (C=O) groups is 1. The van der Waals surface area contributed by atoms with Crippen molar-refractivity contribution < 1.29 is 9.53 Å². The highest BCUT2D eigenvalue weighted by atomic mass is 16.5. The van der Waals surface area contributed by atoms with Crippen LogP contribution in [0.3, 0.4) is 0 Å². The van der Waals surface area contributed by atoms with E-state index in [9.17, 15) is 4.79 Å². The summed E-state index contributed by atoms with van der Waals surface area (Å²) >= 11 is 0. The second-order valence-electron chi connectivity index (χ2n) is 5.67. The van der Waals surface area contributed by atoms with Crippen molar-refractivity contribution in [2.75, 3.05) is 6.61 Å². The van der Waals surface area contributed by atoms with Crippen LogP contribution in [0.15, 0.2) is 0 Å². The van der Waals surface area contributed by atoms with Crippen LogP contribution in [0.5, 0.6) is 0 Å². The third-order valence-electron chi connectivity index (χ3n) is 2.33. The topological polar surface area (TPSA) is 26.3 Å². The molecule has 14 heavy (non-hydrogen) atoms. The summed E-state index contributed by atoms with van der Waals surface area (Å²) < 4.78 is 5.03. The number of rotatable bonds is 4. The number of carbonyl (C=O) groups excluding carboxylic acids is 1. The number of hydrogen-bond acceptors (Lipinski definition) is 2. The van der Waals surface area contributed by atoms with E-state index >= 15 is 0 Å². The van der Waals surface area contributed by atoms with Crippen molar-refractivity contribution in [3.05, 3.63) is 0 Å².